The van der Waals surface area contributed by atoms with Gasteiger partial charge in [0.25, 0.3) is 0 Å². The van der Waals surface area contributed by atoms with Crippen LogP contribution in [-0.2, 0) is 25.7 Å². The van der Waals surface area contributed by atoms with Gasteiger partial charge in [0.05, 0.1) is 0 Å². The predicted molar refractivity (Wildman–Crippen MR) is 116 cm³/mol. The molecule has 0 unspecified atom stereocenters. The Morgan fingerprint density at radius 1 is 1.10 bits per heavy atom. The molecule has 12 heteroatoms. The Balaban J connectivity index is 2.58. The summed E-state index contributed by atoms with van der Waals surface area (Å²) in [6.07, 6.45) is -0.299. The zero-order valence-corrected chi connectivity index (χ0v) is 17.6. The van der Waals surface area contributed by atoms with Crippen LogP contribution in [0.3, 0.4) is 0 Å². The van der Waals surface area contributed by atoms with Gasteiger partial charge >= 0.3 is 11.9 Å². The molecule has 0 saturated heterocycles. The van der Waals surface area contributed by atoms with Crippen molar-refractivity contribution in [3.05, 3.63) is 35.9 Å². The van der Waals surface area contributed by atoms with Crippen molar-refractivity contribution in [2.45, 2.75) is 31.5 Å². The number of benzene rings is 1. The average molecular weight is 457 g/mol. The van der Waals surface area contributed by atoms with E-state index in [1.54, 1.807) is 0 Å². The first-order valence-electron chi connectivity index (χ1n) is 8.90. The van der Waals surface area contributed by atoms with Gasteiger partial charge in [-0.1, -0.05) is 54.3 Å². The first-order valence-corrected chi connectivity index (χ1v) is 10.3. The second-order valence-electron chi connectivity index (χ2n) is 6.15. The second-order valence-corrected chi connectivity index (χ2v) is 7.85. The second kappa shape index (κ2) is 13.5. The third-order valence-electron chi connectivity index (χ3n) is 3.73. The molecule has 2 amide bonds. The Morgan fingerprint density at radius 3 is 2.37 bits per heavy atom. The standard InChI is InChI=1S/C18H24N4O6S2/c19-12(17(27)28)6-7-14(23)22-13(16(26)20-9-15(24)25)10-30-18(29)21-8-11-4-2-1-3-5-11/h1-5,12-13H,6-10,19H2,(H,20,26)(H,21,29)(H,22,23)(H,24,25)(H,27,28)/t12-,13-/m0/s1. The molecule has 0 aliphatic rings. The van der Waals surface area contributed by atoms with Gasteiger partial charge in [0.2, 0.25) is 11.8 Å². The van der Waals surface area contributed by atoms with E-state index in [2.05, 4.69) is 16.0 Å². The Kier molecular flexibility index (Phi) is 11.4. The fourth-order valence-corrected chi connectivity index (χ4v) is 3.13. The van der Waals surface area contributed by atoms with Crippen LogP contribution in [0, 0.1) is 0 Å². The number of rotatable bonds is 12. The zero-order valence-electron chi connectivity index (χ0n) is 16.0. The van der Waals surface area contributed by atoms with Crippen LogP contribution < -0.4 is 21.7 Å². The smallest absolute Gasteiger partial charge is 0.322 e. The SMILES string of the molecule is N[C@@H](CCC(=O)N[C@@H](CSC(=S)NCc1ccccc1)C(=O)NCC(=O)O)C(=O)O. The molecule has 0 fully saturated rings. The van der Waals surface area contributed by atoms with Gasteiger partial charge in [-0.15, -0.1) is 0 Å². The van der Waals surface area contributed by atoms with Crippen LogP contribution in [0.1, 0.15) is 18.4 Å². The molecule has 0 spiro atoms. The molecule has 1 aromatic carbocycles. The van der Waals surface area contributed by atoms with E-state index in [1.807, 2.05) is 30.3 Å². The zero-order chi connectivity index (χ0) is 22.5. The number of carboxylic acid groups (broad SMARTS) is 2. The number of aliphatic carboxylic acids is 2. The number of nitrogens with two attached hydrogens (primary N) is 1. The largest absolute Gasteiger partial charge is 0.480 e. The van der Waals surface area contributed by atoms with Crippen LogP contribution in [0.2, 0.25) is 0 Å². The minimum absolute atomic E-state index is 0.0583. The van der Waals surface area contributed by atoms with Crippen LogP contribution in [0.4, 0.5) is 0 Å². The predicted octanol–water partition coefficient (Wildman–Crippen LogP) is -0.328. The molecule has 0 saturated carbocycles. The van der Waals surface area contributed by atoms with Gasteiger partial charge in [0, 0.05) is 18.7 Å². The highest BCUT2D eigenvalue weighted by atomic mass is 32.2. The maximum atomic E-state index is 12.2. The molecule has 2 atom stereocenters. The van der Waals surface area contributed by atoms with E-state index in [-0.39, 0.29) is 18.6 Å². The fraction of sp³-hybridized carbons (Fsp3) is 0.389. The van der Waals surface area contributed by atoms with Crippen molar-refractivity contribution in [1.82, 2.24) is 16.0 Å². The number of nitrogens with one attached hydrogen (secondary N) is 3. The molecule has 0 bridgehead atoms. The Hall–Kier alpha value is -2.70. The molecule has 0 aliphatic heterocycles. The molecular weight excluding hydrogens is 432 g/mol. The summed E-state index contributed by atoms with van der Waals surface area (Å²) in [7, 11) is 0. The number of hydrogen-bond acceptors (Lipinski definition) is 7. The Bertz CT molecular complexity index is 762. The van der Waals surface area contributed by atoms with Gasteiger partial charge in [-0.2, -0.15) is 0 Å². The molecule has 1 aromatic rings. The summed E-state index contributed by atoms with van der Waals surface area (Å²) in [5, 5.41) is 25.2. The van der Waals surface area contributed by atoms with E-state index in [4.69, 9.17) is 28.2 Å². The van der Waals surface area contributed by atoms with Crippen molar-refractivity contribution in [2.75, 3.05) is 12.3 Å². The normalized spacial score (nSPS) is 12.3. The summed E-state index contributed by atoms with van der Waals surface area (Å²) in [5.41, 5.74) is 6.38. The van der Waals surface area contributed by atoms with Gasteiger partial charge in [0.15, 0.2) is 0 Å². The van der Waals surface area contributed by atoms with Gasteiger partial charge in [-0.3, -0.25) is 19.2 Å². The van der Waals surface area contributed by atoms with Gasteiger partial charge in [-0.25, -0.2) is 0 Å². The van der Waals surface area contributed by atoms with E-state index in [0.29, 0.717) is 10.9 Å². The lowest BCUT2D eigenvalue weighted by Gasteiger charge is -2.18. The molecule has 0 aliphatic carbocycles. The van der Waals surface area contributed by atoms with Crippen LogP contribution in [0.15, 0.2) is 30.3 Å². The summed E-state index contributed by atoms with van der Waals surface area (Å²) in [6, 6.07) is 7.26. The van der Waals surface area contributed by atoms with E-state index >= 15 is 0 Å². The molecule has 0 radical (unpaired) electrons. The lowest BCUT2D eigenvalue weighted by atomic mass is 10.1. The quantitative estimate of drug-likeness (QED) is 0.229. The number of thioether (sulfide) groups is 1. The van der Waals surface area contributed by atoms with Crippen molar-refractivity contribution < 1.29 is 29.4 Å². The van der Waals surface area contributed by atoms with E-state index in [9.17, 15) is 19.2 Å². The van der Waals surface area contributed by atoms with Gasteiger partial charge in [-0.05, 0) is 12.0 Å². The van der Waals surface area contributed by atoms with Crippen LogP contribution in [0.5, 0.6) is 0 Å². The summed E-state index contributed by atoms with van der Waals surface area (Å²) in [6.45, 7) is -0.113. The first-order chi connectivity index (χ1) is 14.2. The Labute approximate surface area is 183 Å². The lowest BCUT2D eigenvalue weighted by Crippen LogP contribution is -2.49. The maximum Gasteiger partial charge on any atom is 0.322 e. The van der Waals surface area contributed by atoms with E-state index in [0.717, 1.165) is 17.3 Å². The fourth-order valence-electron chi connectivity index (χ4n) is 2.13. The molecule has 1 rings (SSSR count). The van der Waals surface area contributed by atoms with Crippen molar-refractivity contribution in [3.8, 4) is 0 Å². The first kappa shape index (κ1) is 25.3. The van der Waals surface area contributed by atoms with Gasteiger partial charge in [0.1, 0.15) is 22.9 Å². The Morgan fingerprint density at radius 2 is 1.77 bits per heavy atom. The highest BCUT2D eigenvalue weighted by Crippen LogP contribution is 2.08. The number of amides is 2. The number of carbonyl (C=O) groups is 4. The van der Waals surface area contributed by atoms with Crippen molar-refractivity contribution in [2.24, 2.45) is 5.73 Å². The monoisotopic (exact) mass is 456 g/mol. The van der Waals surface area contributed by atoms with E-state index in [1.165, 1.54) is 0 Å². The third-order valence-corrected chi connectivity index (χ3v) is 5.13. The minimum atomic E-state index is -1.23. The minimum Gasteiger partial charge on any atom is -0.480 e. The lowest BCUT2D eigenvalue weighted by molar-refractivity contribution is -0.139. The molecule has 30 heavy (non-hydrogen) atoms. The maximum absolute atomic E-state index is 12.2. The average Bonchev–Trinajstić information content (AvgIpc) is 2.72. The highest BCUT2D eigenvalue weighted by Gasteiger charge is 2.23. The van der Waals surface area contributed by atoms with Crippen LogP contribution in [-0.4, -0.2) is 62.7 Å². The number of thiocarbonyl (C=S) groups is 1. The highest BCUT2D eigenvalue weighted by molar-refractivity contribution is 8.23. The molecule has 0 aromatic heterocycles. The molecule has 10 nitrogen and oxygen atoms in total. The van der Waals surface area contributed by atoms with Gasteiger partial charge < -0.3 is 31.9 Å². The number of carboxylic acids is 2. The summed E-state index contributed by atoms with van der Waals surface area (Å²) < 4.78 is 0.400. The summed E-state index contributed by atoms with van der Waals surface area (Å²) >= 11 is 6.34. The number of hydrogen-bond donors (Lipinski definition) is 6. The molecule has 0 heterocycles. The number of carbonyl (C=O) groups excluding carboxylic acids is 2. The summed E-state index contributed by atoms with van der Waals surface area (Å²) in [4.78, 5) is 45.7. The van der Waals surface area contributed by atoms with Crippen LogP contribution in [0.25, 0.3) is 0 Å². The van der Waals surface area contributed by atoms with Crippen molar-refractivity contribution in [1.29, 1.82) is 0 Å². The van der Waals surface area contributed by atoms with E-state index < -0.39 is 42.4 Å². The van der Waals surface area contributed by atoms with Crippen molar-refractivity contribution >= 4 is 52.1 Å². The van der Waals surface area contributed by atoms with Crippen molar-refractivity contribution in [3.63, 3.8) is 0 Å². The third kappa shape index (κ3) is 10.7. The molecule has 164 valence electrons. The summed E-state index contributed by atoms with van der Waals surface area (Å²) in [5.74, 6) is -3.67. The topological polar surface area (TPSA) is 171 Å². The molecular formula is C18H24N4O6S2. The molecule has 7 N–H and O–H groups in total. The van der Waals surface area contributed by atoms with Crippen LogP contribution >= 0.6 is 24.0 Å².